The summed E-state index contributed by atoms with van der Waals surface area (Å²) < 4.78 is 0. The molecule has 1 saturated carbocycles. The van der Waals surface area contributed by atoms with E-state index in [1.165, 1.54) is 6.92 Å². The van der Waals surface area contributed by atoms with Crippen LogP contribution >= 0.6 is 0 Å². The summed E-state index contributed by atoms with van der Waals surface area (Å²) in [6, 6.07) is 11.4. The molecule has 0 radical (unpaired) electrons. The Morgan fingerprint density at radius 1 is 1.17 bits per heavy atom. The third kappa shape index (κ3) is 5.17. The molecule has 3 atom stereocenters. The lowest BCUT2D eigenvalue weighted by atomic mass is 9.74. The lowest BCUT2D eigenvalue weighted by molar-refractivity contribution is -0.120. The lowest BCUT2D eigenvalue weighted by Gasteiger charge is -2.34. The van der Waals surface area contributed by atoms with Gasteiger partial charge in [0.05, 0.1) is 12.1 Å². The molecule has 3 rings (SSSR count). The van der Waals surface area contributed by atoms with Crippen LogP contribution in [0.4, 0.5) is 0 Å². The van der Waals surface area contributed by atoms with Gasteiger partial charge in [0, 0.05) is 25.1 Å². The zero-order chi connectivity index (χ0) is 20.9. The van der Waals surface area contributed by atoms with Crippen molar-refractivity contribution in [3.63, 3.8) is 0 Å². The normalized spacial score (nSPS) is 24.4. The van der Waals surface area contributed by atoms with Crippen molar-refractivity contribution in [1.29, 1.82) is 0 Å². The number of aromatic nitrogens is 2. The van der Waals surface area contributed by atoms with Gasteiger partial charge in [0.2, 0.25) is 5.91 Å². The maximum Gasteiger partial charge on any atom is 0.270 e. The summed E-state index contributed by atoms with van der Waals surface area (Å²) in [5.74, 6) is 0.161. The monoisotopic (exact) mass is 396 g/mol. The van der Waals surface area contributed by atoms with Crippen LogP contribution in [-0.2, 0) is 10.2 Å². The van der Waals surface area contributed by atoms with Gasteiger partial charge < -0.3 is 15.7 Å². The third-order valence-corrected chi connectivity index (χ3v) is 5.69. The standard InChI is InChI=1S/C22H28N4O3/c1-15-23-13-10-19(25-15)21(29)24-14-22(17-6-4-3-5-7-17)11-8-18(26-16(2)27)20(28)9-12-22/h3-7,10,13,18,20,28H,8-9,11-12,14H2,1-2H3,(H,24,29)(H,26,27)/t18-,20-,22-/m0/s1. The molecule has 3 N–H and O–H groups in total. The van der Waals surface area contributed by atoms with E-state index in [4.69, 9.17) is 0 Å². The average Bonchev–Trinajstić information content (AvgIpc) is 2.87. The quantitative estimate of drug-likeness (QED) is 0.670. The minimum absolute atomic E-state index is 0.145. The molecule has 0 unspecified atom stereocenters. The van der Waals surface area contributed by atoms with Gasteiger partial charge in [-0.1, -0.05) is 30.3 Å². The Balaban J connectivity index is 1.81. The van der Waals surface area contributed by atoms with Gasteiger partial charge in [0.15, 0.2) is 0 Å². The highest BCUT2D eigenvalue weighted by Gasteiger charge is 2.38. The van der Waals surface area contributed by atoms with Gasteiger partial charge in [0.25, 0.3) is 5.91 Å². The minimum atomic E-state index is -0.607. The number of benzene rings is 1. The van der Waals surface area contributed by atoms with Gasteiger partial charge in [-0.15, -0.1) is 0 Å². The number of nitrogens with one attached hydrogen (secondary N) is 2. The number of amides is 2. The van der Waals surface area contributed by atoms with Crippen molar-refractivity contribution >= 4 is 11.8 Å². The van der Waals surface area contributed by atoms with Gasteiger partial charge in [-0.2, -0.15) is 0 Å². The summed E-state index contributed by atoms with van der Waals surface area (Å²) in [6.07, 6.45) is 3.59. The first kappa shape index (κ1) is 20.9. The Labute approximate surface area is 171 Å². The zero-order valence-electron chi connectivity index (χ0n) is 16.9. The topological polar surface area (TPSA) is 104 Å². The van der Waals surface area contributed by atoms with E-state index in [-0.39, 0.29) is 23.3 Å². The number of carbonyl (C=O) groups excluding carboxylic acids is 2. The van der Waals surface area contributed by atoms with Gasteiger partial charge >= 0.3 is 0 Å². The van der Waals surface area contributed by atoms with Crippen LogP contribution in [0.3, 0.4) is 0 Å². The Morgan fingerprint density at radius 3 is 2.59 bits per heavy atom. The molecular formula is C22H28N4O3. The maximum atomic E-state index is 12.7. The molecule has 1 heterocycles. The molecule has 0 saturated heterocycles. The van der Waals surface area contributed by atoms with Crippen molar-refractivity contribution in [2.24, 2.45) is 0 Å². The first-order valence-electron chi connectivity index (χ1n) is 9.98. The van der Waals surface area contributed by atoms with E-state index in [2.05, 4.69) is 32.7 Å². The van der Waals surface area contributed by atoms with Crippen molar-refractivity contribution < 1.29 is 14.7 Å². The minimum Gasteiger partial charge on any atom is -0.391 e. The van der Waals surface area contributed by atoms with Crippen molar-refractivity contribution in [2.75, 3.05) is 6.54 Å². The molecule has 2 aromatic rings. The molecule has 1 fully saturated rings. The van der Waals surface area contributed by atoms with E-state index in [0.29, 0.717) is 37.3 Å². The number of rotatable bonds is 5. The first-order valence-corrected chi connectivity index (χ1v) is 9.98. The highest BCUT2D eigenvalue weighted by Crippen LogP contribution is 2.38. The van der Waals surface area contributed by atoms with Crippen molar-refractivity contribution in [1.82, 2.24) is 20.6 Å². The molecule has 7 nitrogen and oxygen atoms in total. The Kier molecular flexibility index (Phi) is 6.59. The molecule has 0 spiro atoms. The number of aryl methyl sites for hydroxylation is 1. The van der Waals surface area contributed by atoms with Crippen molar-refractivity contribution in [2.45, 2.75) is 57.1 Å². The molecular weight excluding hydrogens is 368 g/mol. The summed E-state index contributed by atoms with van der Waals surface area (Å²) in [5, 5.41) is 16.4. The highest BCUT2D eigenvalue weighted by atomic mass is 16.3. The molecule has 1 aliphatic rings. The second kappa shape index (κ2) is 9.13. The summed E-state index contributed by atoms with van der Waals surface area (Å²) in [5.41, 5.74) is 1.13. The number of nitrogens with zero attached hydrogens (tertiary/aromatic N) is 2. The largest absolute Gasteiger partial charge is 0.391 e. The van der Waals surface area contributed by atoms with Gasteiger partial charge in [-0.05, 0) is 44.2 Å². The van der Waals surface area contributed by atoms with Gasteiger partial charge in [-0.3, -0.25) is 9.59 Å². The average molecular weight is 396 g/mol. The molecule has 7 heteroatoms. The van der Waals surface area contributed by atoms with Gasteiger partial charge in [0.1, 0.15) is 11.5 Å². The van der Waals surface area contributed by atoms with E-state index in [1.807, 2.05) is 18.2 Å². The molecule has 0 bridgehead atoms. The van der Waals surface area contributed by atoms with Crippen LogP contribution in [0.15, 0.2) is 42.6 Å². The molecule has 2 amide bonds. The smallest absolute Gasteiger partial charge is 0.270 e. The second-order valence-electron chi connectivity index (χ2n) is 7.77. The number of aliphatic hydroxyl groups excluding tert-OH is 1. The van der Waals surface area contributed by atoms with Crippen LogP contribution < -0.4 is 10.6 Å². The Bertz CT molecular complexity index is 858. The SMILES string of the molecule is CC(=O)N[C@H]1CC[C@](CNC(=O)c2ccnc(C)n2)(c2ccccc2)CC[C@@H]1O. The van der Waals surface area contributed by atoms with E-state index < -0.39 is 6.10 Å². The first-order chi connectivity index (χ1) is 13.9. The van der Waals surface area contributed by atoms with Crippen LogP contribution in [0.25, 0.3) is 0 Å². The van der Waals surface area contributed by atoms with Crippen LogP contribution in [0.1, 0.15) is 54.5 Å². The molecule has 154 valence electrons. The van der Waals surface area contributed by atoms with Crippen LogP contribution in [0.5, 0.6) is 0 Å². The predicted octanol–water partition coefficient (Wildman–Crippen LogP) is 1.89. The van der Waals surface area contributed by atoms with Crippen molar-refractivity contribution in [3.8, 4) is 0 Å². The number of hydrogen-bond donors (Lipinski definition) is 3. The van der Waals surface area contributed by atoms with Crippen LogP contribution in [-0.4, -0.2) is 45.6 Å². The summed E-state index contributed by atoms with van der Waals surface area (Å²) in [4.78, 5) is 32.4. The van der Waals surface area contributed by atoms with E-state index in [1.54, 1.807) is 19.2 Å². The van der Waals surface area contributed by atoms with E-state index >= 15 is 0 Å². The van der Waals surface area contributed by atoms with Gasteiger partial charge in [-0.25, -0.2) is 9.97 Å². The highest BCUT2D eigenvalue weighted by molar-refractivity contribution is 5.92. The van der Waals surface area contributed by atoms with Crippen LogP contribution in [0.2, 0.25) is 0 Å². The van der Waals surface area contributed by atoms with E-state index in [9.17, 15) is 14.7 Å². The number of hydrogen-bond acceptors (Lipinski definition) is 5. The summed E-state index contributed by atoms with van der Waals surface area (Å²) in [6.45, 7) is 3.64. The molecule has 1 aromatic heterocycles. The summed E-state index contributed by atoms with van der Waals surface area (Å²) in [7, 11) is 0. The fourth-order valence-electron chi connectivity index (χ4n) is 4.09. The number of carbonyl (C=O) groups is 2. The fourth-order valence-corrected chi connectivity index (χ4v) is 4.09. The molecule has 1 aromatic carbocycles. The summed E-state index contributed by atoms with van der Waals surface area (Å²) >= 11 is 0. The predicted molar refractivity (Wildman–Crippen MR) is 109 cm³/mol. The third-order valence-electron chi connectivity index (χ3n) is 5.69. The Morgan fingerprint density at radius 2 is 1.90 bits per heavy atom. The van der Waals surface area contributed by atoms with Crippen molar-refractivity contribution in [3.05, 3.63) is 59.7 Å². The maximum absolute atomic E-state index is 12.7. The van der Waals surface area contributed by atoms with Crippen LogP contribution in [0, 0.1) is 6.92 Å². The number of aliphatic hydroxyl groups is 1. The molecule has 1 aliphatic carbocycles. The Hall–Kier alpha value is -2.80. The second-order valence-corrected chi connectivity index (χ2v) is 7.77. The molecule has 0 aliphatic heterocycles. The van der Waals surface area contributed by atoms with E-state index in [0.717, 1.165) is 12.0 Å². The zero-order valence-corrected chi connectivity index (χ0v) is 16.9. The lowest BCUT2D eigenvalue weighted by Crippen LogP contribution is -2.42. The molecule has 29 heavy (non-hydrogen) atoms. The fraction of sp³-hybridized carbons (Fsp3) is 0.455.